The zero-order valence-electron chi connectivity index (χ0n) is 19.1. The minimum atomic E-state index is -1.03. The molecule has 4 heterocycles. The first-order valence-electron chi connectivity index (χ1n) is 10.7. The number of carbonyl (C=O) groups is 1. The molecule has 0 fully saturated rings. The molecule has 2 aliphatic rings. The highest BCUT2D eigenvalue weighted by Crippen LogP contribution is 2.38. The van der Waals surface area contributed by atoms with Gasteiger partial charge in [-0.25, -0.2) is 9.37 Å². The number of rotatable bonds is 0. The van der Waals surface area contributed by atoms with Crippen LogP contribution in [0.5, 0.6) is 5.75 Å². The number of anilines is 1. The van der Waals surface area contributed by atoms with E-state index in [1.807, 2.05) is 0 Å². The van der Waals surface area contributed by atoms with E-state index in [9.17, 15) is 14.4 Å². The van der Waals surface area contributed by atoms with E-state index in [-0.39, 0.29) is 18.3 Å². The molecule has 0 spiro atoms. The number of nitrogen functional groups attached to an aromatic ring is 1. The van der Waals surface area contributed by atoms with Crippen molar-refractivity contribution in [3.8, 4) is 22.9 Å². The Labute approximate surface area is 195 Å². The number of halogens is 1. The molecular formula is C24H22FN7O2. The van der Waals surface area contributed by atoms with Gasteiger partial charge in [0, 0.05) is 35.5 Å². The minimum absolute atomic E-state index is 0.0672. The standard InChI is InChI=1S/C24H22FN7O2/c1-12-16-8-14(25)5-6-15(16)22-29-24(2,3)23(33)32(22)11-17-20(18(9-26)31(4)30-17)13-7-19(34-12)21(27)28-10-13/h5-8,10,12H,11H2,1-4H3,(H2,27,28)/t12-/m1/s1. The van der Waals surface area contributed by atoms with Gasteiger partial charge in [0.05, 0.1) is 12.2 Å². The Morgan fingerprint density at radius 1 is 1.32 bits per heavy atom. The van der Waals surface area contributed by atoms with Crippen molar-refractivity contribution in [3.63, 3.8) is 0 Å². The number of ether oxygens (including phenoxy) is 1. The third-order valence-electron chi connectivity index (χ3n) is 6.11. The van der Waals surface area contributed by atoms with Gasteiger partial charge in [0.2, 0.25) is 0 Å². The molecular weight excluding hydrogens is 437 g/mol. The molecule has 10 heteroatoms. The van der Waals surface area contributed by atoms with E-state index >= 15 is 0 Å². The zero-order valence-corrected chi connectivity index (χ0v) is 19.1. The molecule has 3 aromatic rings. The maximum Gasteiger partial charge on any atom is 0.255 e. The van der Waals surface area contributed by atoms with Crippen molar-refractivity contribution in [2.75, 3.05) is 5.73 Å². The van der Waals surface area contributed by atoms with Crippen molar-refractivity contribution in [1.29, 1.82) is 5.26 Å². The molecule has 1 atom stereocenters. The first-order valence-corrected chi connectivity index (χ1v) is 10.7. The monoisotopic (exact) mass is 459 g/mol. The number of benzene rings is 1. The lowest BCUT2D eigenvalue weighted by atomic mass is 9.99. The number of aromatic nitrogens is 3. The molecule has 0 radical (unpaired) electrons. The number of carbonyl (C=O) groups excluding carboxylic acids is 1. The second-order valence-electron chi connectivity index (χ2n) is 8.89. The normalized spacial score (nSPS) is 18.5. The van der Waals surface area contributed by atoms with Gasteiger partial charge in [0.1, 0.15) is 35.1 Å². The number of nitriles is 1. The van der Waals surface area contributed by atoms with Crippen LogP contribution >= 0.6 is 0 Å². The summed E-state index contributed by atoms with van der Waals surface area (Å²) >= 11 is 0. The van der Waals surface area contributed by atoms with Gasteiger partial charge in [-0.3, -0.25) is 19.4 Å². The van der Waals surface area contributed by atoms with Crippen molar-refractivity contribution < 1.29 is 13.9 Å². The molecule has 9 nitrogen and oxygen atoms in total. The summed E-state index contributed by atoms with van der Waals surface area (Å²) in [6, 6.07) is 8.16. The second-order valence-corrected chi connectivity index (χ2v) is 8.89. The number of pyridine rings is 1. The Balaban J connectivity index is 1.82. The summed E-state index contributed by atoms with van der Waals surface area (Å²) < 4.78 is 21.9. The quantitative estimate of drug-likeness (QED) is 0.551. The molecule has 0 saturated carbocycles. The number of amides is 1. The van der Waals surface area contributed by atoms with Crippen LogP contribution in [0.4, 0.5) is 10.2 Å². The fourth-order valence-electron chi connectivity index (χ4n) is 4.44. The Kier molecular flexibility index (Phi) is 4.68. The molecule has 2 N–H and O–H groups in total. The summed E-state index contributed by atoms with van der Waals surface area (Å²) in [7, 11) is 1.66. The van der Waals surface area contributed by atoms with Crippen LogP contribution in [0.15, 0.2) is 35.5 Å². The van der Waals surface area contributed by atoms with Crippen LogP contribution in [0.3, 0.4) is 0 Å². The van der Waals surface area contributed by atoms with Crippen molar-refractivity contribution in [1.82, 2.24) is 19.7 Å². The number of amidine groups is 1. The predicted octanol–water partition coefficient (Wildman–Crippen LogP) is 3.10. The summed E-state index contributed by atoms with van der Waals surface area (Å²) in [5.41, 5.74) is 8.05. The molecule has 172 valence electrons. The lowest BCUT2D eigenvalue weighted by Gasteiger charge is -2.25. The average Bonchev–Trinajstić information content (AvgIpc) is 3.22. The highest BCUT2D eigenvalue weighted by molar-refractivity contribution is 6.15. The molecule has 2 aliphatic heterocycles. The number of hydrogen-bond acceptors (Lipinski definition) is 7. The molecule has 5 rings (SSSR count). The van der Waals surface area contributed by atoms with Gasteiger partial charge in [-0.05, 0) is 45.0 Å². The Morgan fingerprint density at radius 2 is 2.09 bits per heavy atom. The lowest BCUT2D eigenvalue weighted by Crippen LogP contribution is -2.39. The number of aryl methyl sites for hydroxylation is 1. The molecule has 0 unspecified atom stereocenters. The van der Waals surface area contributed by atoms with Crippen LogP contribution in [0.2, 0.25) is 0 Å². The van der Waals surface area contributed by atoms with Crippen LogP contribution in [0.25, 0.3) is 11.1 Å². The highest BCUT2D eigenvalue weighted by Gasteiger charge is 2.43. The van der Waals surface area contributed by atoms with E-state index in [1.165, 1.54) is 21.7 Å². The fraction of sp³-hybridized carbons (Fsp3) is 0.292. The summed E-state index contributed by atoms with van der Waals surface area (Å²) in [6.45, 7) is 5.28. The smallest absolute Gasteiger partial charge is 0.255 e. The van der Waals surface area contributed by atoms with Crippen molar-refractivity contribution in [2.45, 2.75) is 39.0 Å². The molecule has 2 bridgehead atoms. The summed E-state index contributed by atoms with van der Waals surface area (Å²) in [5.74, 6) is 0.176. The van der Waals surface area contributed by atoms with Gasteiger partial charge < -0.3 is 10.5 Å². The van der Waals surface area contributed by atoms with Crippen LogP contribution in [0.1, 0.15) is 49.4 Å². The average molecular weight is 459 g/mol. The second kappa shape index (κ2) is 7.38. The van der Waals surface area contributed by atoms with E-state index in [0.717, 1.165) is 0 Å². The number of aliphatic imine (C=N–C) groups is 1. The number of nitrogens with zero attached hydrogens (tertiary/aromatic N) is 6. The number of nitrogens with two attached hydrogens (primary N) is 1. The molecule has 1 amide bonds. The maximum atomic E-state index is 14.3. The first-order chi connectivity index (χ1) is 16.1. The van der Waals surface area contributed by atoms with Crippen molar-refractivity contribution in [3.05, 3.63) is 58.8 Å². The number of fused-ring (bicyclic) bond motifs is 7. The summed E-state index contributed by atoms with van der Waals surface area (Å²) in [6.07, 6.45) is 0.898. The largest absolute Gasteiger partial charge is 0.482 e. The van der Waals surface area contributed by atoms with Crippen LogP contribution in [0, 0.1) is 17.1 Å². The van der Waals surface area contributed by atoms with Gasteiger partial charge in [0.15, 0.2) is 11.6 Å². The van der Waals surface area contributed by atoms with E-state index in [0.29, 0.717) is 45.2 Å². The molecule has 34 heavy (non-hydrogen) atoms. The van der Waals surface area contributed by atoms with Crippen molar-refractivity contribution in [2.24, 2.45) is 12.0 Å². The molecule has 0 aliphatic carbocycles. The topological polar surface area (TPSA) is 122 Å². The Bertz CT molecular complexity index is 1430. The third kappa shape index (κ3) is 3.20. The fourth-order valence-corrected chi connectivity index (χ4v) is 4.44. The van der Waals surface area contributed by atoms with E-state index < -0.39 is 17.5 Å². The third-order valence-corrected chi connectivity index (χ3v) is 6.11. The highest BCUT2D eigenvalue weighted by atomic mass is 19.1. The van der Waals surface area contributed by atoms with Gasteiger partial charge in [-0.15, -0.1) is 0 Å². The van der Waals surface area contributed by atoms with Gasteiger partial charge in [0.25, 0.3) is 5.91 Å². The van der Waals surface area contributed by atoms with Crippen LogP contribution < -0.4 is 10.5 Å². The minimum Gasteiger partial charge on any atom is -0.482 e. The number of hydrogen-bond donors (Lipinski definition) is 1. The molecule has 2 aromatic heterocycles. The van der Waals surface area contributed by atoms with E-state index in [2.05, 4.69) is 16.2 Å². The van der Waals surface area contributed by atoms with Gasteiger partial charge >= 0.3 is 0 Å². The van der Waals surface area contributed by atoms with Crippen molar-refractivity contribution >= 4 is 17.6 Å². The summed E-state index contributed by atoms with van der Waals surface area (Å²) in [5, 5.41) is 14.4. The van der Waals surface area contributed by atoms with Gasteiger partial charge in [-0.1, -0.05) is 0 Å². The SMILES string of the molecule is C[C@H]1Oc2cc(cnc2N)-c2c(nn(C)c2C#N)CN2C(=O)C(C)(C)N=C2c2ccc(F)cc21. The van der Waals surface area contributed by atoms with E-state index in [1.54, 1.807) is 46.1 Å². The van der Waals surface area contributed by atoms with Gasteiger partial charge in [-0.2, -0.15) is 10.4 Å². The summed E-state index contributed by atoms with van der Waals surface area (Å²) in [4.78, 5) is 23.9. The first kappa shape index (κ1) is 21.6. The lowest BCUT2D eigenvalue weighted by molar-refractivity contribution is -0.130. The molecule has 0 saturated heterocycles. The van der Waals surface area contributed by atoms with Crippen LogP contribution in [-0.2, 0) is 18.4 Å². The maximum absolute atomic E-state index is 14.3. The van der Waals surface area contributed by atoms with E-state index in [4.69, 9.17) is 15.5 Å². The Hall–Kier alpha value is -4.26. The molecule has 1 aromatic carbocycles. The predicted molar refractivity (Wildman–Crippen MR) is 122 cm³/mol. The zero-order chi connectivity index (χ0) is 24.4. The van der Waals surface area contributed by atoms with Crippen LogP contribution in [-0.4, -0.2) is 36.9 Å². The Morgan fingerprint density at radius 3 is 2.82 bits per heavy atom.